The van der Waals surface area contributed by atoms with Crippen molar-refractivity contribution in [1.29, 1.82) is 0 Å². The van der Waals surface area contributed by atoms with Gasteiger partial charge in [0, 0.05) is 31.4 Å². The summed E-state index contributed by atoms with van der Waals surface area (Å²) >= 11 is 0. The van der Waals surface area contributed by atoms with Crippen LogP contribution in [0.2, 0.25) is 0 Å². The molecule has 1 aliphatic heterocycles. The van der Waals surface area contributed by atoms with E-state index in [9.17, 15) is 19.5 Å². The van der Waals surface area contributed by atoms with Gasteiger partial charge in [0.15, 0.2) is 0 Å². The smallest absolute Gasteiger partial charge is 0.409 e. The first-order valence-electron chi connectivity index (χ1n) is 13.6. The third-order valence-corrected chi connectivity index (χ3v) is 7.17. The zero-order valence-corrected chi connectivity index (χ0v) is 22.7. The lowest BCUT2D eigenvalue weighted by Gasteiger charge is -2.33. The molecule has 0 saturated carbocycles. The predicted molar refractivity (Wildman–Crippen MR) is 154 cm³/mol. The number of amides is 1. The zero-order chi connectivity index (χ0) is 28.8. The summed E-state index contributed by atoms with van der Waals surface area (Å²) < 4.78 is 6.37. The molecule has 41 heavy (non-hydrogen) atoms. The second-order valence-corrected chi connectivity index (χ2v) is 10.2. The van der Waals surface area contributed by atoms with Crippen molar-refractivity contribution in [3.8, 4) is 0 Å². The Balaban J connectivity index is 1.19. The standard InChI is InChI=1S/C29H33N7O5/c1-19-17-36(24(15-25(37)38)33-29(40)41-18-21-7-3-2-4-8-21)28(39)34-26(19)35-13-11-20(12-14-35)16-30-27-31-22-9-5-6-10-23(22)32-27/h2-10,17,20,24H,11-16,18H2,1H3,(H,33,40)(H,37,38)(H2,30,31,32). The fraction of sp³-hybridized carbons (Fsp3) is 0.345. The molecule has 3 heterocycles. The number of benzene rings is 2. The number of para-hydroxylation sites is 2. The number of anilines is 2. The summed E-state index contributed by atoms with van der Waals surface area (Å²) in [5, 5.41) is 15.3. The van der Waals surface area contributed by atoms with Crippen molar-refractivity contribution in [2.24, 2.45) is 5.92 Å². The van der Waals surface area contributed by atoms with Gasteiger partial charge in [-0.25, -0.2) is 14.6 Å². The van der Waals surface area contributed by atoms with Crippen molar-refractivity contribution in [3.05, 3.63) is 82.4 Å². The minimum absolute atomic E-state index is 0.0152. The quantitative estimate of drug-likeness (QED) is 0.228. The SMILES string of the molecule is Cc1cn(C(CC(=O)O)NC(=O)OCc2ccccc2)c(=O)nc1N1CCC(CNc2nc3ccccc3[nH]2)CC1. The van der Waals surface area contributed by atoms with Gasteiger partial charge in [0.1, 0.15) is 18.6 Å². The molecule has 1 atom stereocenters. The molecule has 12 heteroatoms. The number of ether oxygens (including phenoxy) is 1. The van der Waals surface area contributed by atoms with Crippen molar-refractivity contribution in [2.75, 3.05) is 29.9 Å². The number of aryl methyl sites for hydroxylation is 1. The Kier molecular flexibility index (Phi) is 8.47. The topological polar surface area (TPSA) is 154 Å². The normalized spacial score (nSPS) is 14.5. The van der Waals surface area contributed by atoms with Gasteiger partial charge in [0.2, 0.25) is 5.95 Å². The molecule has 5 rings (SSSR count). The lowest BCUT2D eigenvalue weighted by atomic mass is 9.96. The van der Waals surface area contributed by atoms with Crippen LogP contribution in [0.15, 0.2) is 65.6 Å². The lowest BCUT2D eigenvalue weighted by molar-refractivity contribution is -0.138. The van der Waals surface area contributed by atoms with Crippen molar-refractivity contribution in [1.82, 2.24) is 24.8 Å². The number of imidazole rings is 1. The molecule has 1 aliphatic rings. The van der Waals surface area contributed by atoms with Gasteiger partial charge in [-0.2, -0.15) is 4.98 Å². The minimum Gasteiger partial charge on any atom is -0.481 e. The van der Waals surface area contributed by atoms with Gasteiger partial charge in [0.05, 0.1) is 17.5 Å². The largest absolute Gasteiger partial charge is 0.481 e. The molecule has 1 unspecified atom stereocenters. The van der Waals surface area contributed by atoms with Crippen LogP contribution < -0.4 is 21.2 Å². The molecule has 214 valence electrons. The number of nitrogens with zero attached hydrogens (tertiary/aromatic N) is 4. The average Bonchev–Trinajstić information content (AvgIpc) is 3.39. The average molecular weight is 560 g/mol. The van der Waals surface area contributed by atoms with E-state index in [0.717, 1.165) is 59.6 Å². The molecule has 2 aromatic heterocycles. The first-order valence-corrected chi connectivity index (χ1v) is 13.6. The Hall–Kier alpha value is -4.87. The number of hydrogen-bond donors (Lipinski definition) is 4. The number of piperidine rings is 1. The fourth-order valence-corrected chi connectivity index (χ4v) is 5.01. The van der Waals surface area contributed by atoms with Crippen LogP contribution in [0.4, 0.5) is 16.6 Å². The summed E-state index contributed by atoms with van der Waals surface area (Å²) in [6.45, 7) is 4.07. The number of H-pyrrole nitrogens is 1. The number of aromatic nitrogens is 4. The van der Waals surface area contributed by atoms with Crippen molar-refractivity contribution < 1.29 is 19.4 Å². The number of aromatic amines is 1. The molecule has 4 aromatic rings. The van der Waals surface area contributed by atoms with Crippen molar-refractivity contribution >= 4 is 34.9 Å². The van der Waals surface area contributed by atoms with E-state index in [1.54, 1.807) is 18.3 Å². The lowest BCUT2D eigenvalue weighted by Crippen LogP contribution is -2.42. The first-order chi connectivity index (χ1) is 19.9. The highest BCUT2D eigenvalue weighted by Crippen LogP contribution is 2.24. The molecule has 1 fully saturated rings. The van der Waals surface area contributed by atoms with Crippen molar-refractivity contribution in [3.63, 3.8) is 0 Å². The number of carboxylic acids is 1. The Morgan fingerprint density at radius 3 is 2.56 bits per heavy atom. The van der Waals surface area contributed by atoms with Gasteiger partial charge in [-0.3, -0.25) is 9.36 Å². The van der Waals surface area contributed by atoms with E-state index in [1.165, 1.54) is 0 Å². The predicted octanol–water partition coefficient (Wildman–Crippen LogP) is 3.66. The van der Waals surface area contributed by atoms with Crippen LogP contribution in [0.25, 0.3) is 11.0 Å². The van der Waals surface area contributed by atoms with E-state index in [0.29, 0.717) is 17.3 Å². The van der Waals surface area contributed by atoms with Gasteiger partial charge >= 0.3 is 17.8 Å². The van der Waals surface area contributed by atoms with Crippen LogP contribution in [0.3, 0.4) is 0 Å². The number of carbonyl (C=O) groups excluding carboxylic acids is 1. The molecule has 0 aliphatic carbocycles. The summed E-state index contributed by atoms with van der Waals surface area (Å²) in [6.07, 6.45) is 0.877. The highest BCUT2D eigenvalue weighted by atomic mass is 16.5. The van der Waals surface area contributed by atoms with E-state index in [2.05, 4.69) is 30.5 Å². The van der Waals surface area contributed by atoms with E-state index in [1.807, 2.05) is 49.4 Å². The van der Waals surface area contributed by atoms with Gasteiger partial charge in [-0.1, -0.05) is 42.5 Å². The molecule has 1 saturated heterocycles. The number of nitrogens with one attached hydrogen (secondary N) is 3. The van der Waals surface area contributed by atoms with E-state index < -0.39 is 30.3 Å². The Bertz CT molecular complexity index is 1530. The summed E-state index contributed by atoms with van der Waals surface area (Å²) in [5.74, 6) is 0.579. The monoisotopic (exact) mass is 559 g/mol. The third-order valence-electron chi connectivity index (χ3n) is 7.17. The maximum atomic E-state index is 13.0. The number of carbonyl (C=O) groups is 2. The fourth-order valence-electron chi connectivity index (χ4n) is 5.01. The Morgan fingerprint density at radius 2 is 1.83 bits per heavy atom. The van der Waals surface area contributed by atoms with Crippen LogP contribution >= 0.6 is 0 Å². The van der Waals surface area contributed by atoms with E-state index in [-0.39, 0.29) is 6.61 Å². The highest BCUT2D eigenvalue weighted by Gasteiger charge is 2.25. The Labute approximate surface area is 236 Å². The van der Waals surface area contributed by atoms with Crippen LogP contribution in [-0.2, 0) is 16.1 Å². The van der Waals surface area contributed by atoms with Crippen molar-refractivity contribution in [2.45, 2.75) is 39.0 Å². The molecule has 0 spiro atoms. The van der Waals surface area contributed by atoms with Crippen LogP contribution in [0, 0.1) is 12.8 Å². The van der Waals surface area contributed by atoms with Crippen LogP contribution in [-0.4, -0.2) is 56.3 Å². The molecule has 0 radical (unpaired) electrons. The highest BCUT2D eigenvalue weighted by molar-refractivity contribution is 5.77. The molecule has 4 N–H and O–H groups in total. The molecule has 12 nitrogen and oxygen atoms in total. The molecular weight excluding hydrogens is 526 g/mol. The zero-order valence-electron chi connectivity index (χ0n) is 22.7. The number of alkyl carbamates (subject to hydrolysis) is 1. The number of aliphatic carboxylic acids is 1. The van der Waals surface area contributed by atoms with Crippen LogP contribution in [0.1, 0.15) is 36.6 Å². The van der Waals surface area contributed by atoms with Gasteiger partial charge in [-0.05, 0) is 43.4 Å². The maximum Gasteiger partial charge on any atom is 0.409 e. The number of carboxylic acid groups (broad SMARTS) is 1. The summed E-state index contributed by atoms with van der Waals surface area (Å²) in [5.41, 5.74) is 2.76. The molecule has 1 amide bonds. The third kappa shape index (κ3) is 7.02. The van der Waals surface area contributed by atoms with E-state index in [4.69, 9.17) is 4.74 Å². The molecule has 2 aromatic carbocycles. The number of fused-ring (bicyclic) bond motifs is 1. The minimum atomic E-state index is -1.18. The van der Waals surface area contributed by atoms with Crippen LogP contribution in [0.5, 0.6) is 0 Å². The van der Waals surface area contributed by atoms with Gasteiger partial charge in [-0.15, -0.1) is 0 Å². The molecule has 0 bridgehead atoms. The Morgan fingerprint density at radius 1 is 1.10 bits per heavy atom. The first kappa shape index (κ1) is 27.7. The van der Waals surface area contributed by atoms with E-state index >= 15 is 0 Å². The summed E-state index contributed by atoms with van der Waals surface area (Å²) in [6, 6.07) is 17.0. The van der Waals surface area contributed by atoms with Gasteiger partial charge < -0.3 is 30.4 Å². The maximum absolute atomic E-state index is 13.0. The summed E-state index contributed by atoms with van der Waals surface area (Å²) in [7, 11) is 0. The second kappa shape index (κ2) is 12.5. The summed E-state index contributed by atoms with van der Waals surface area (Å²) in [4.78, 5) is 51.2. The van der Waals surface area contributed by atoms with Gasteiger partial charge in [0.25, 0.3) is 0 Å². The number of rotatable bonds is 10. The number of hydrogen-bond acceptors (Lipinski definition) is 8. The second-order valence-electron chi connectivity index (χ2n) is 10.2. The molecular formula is C29H33N7O5.